The van der Waals surface area contributed by atoms with Crippen LogP contribution in [0.2, 0.25) is 0 Å². The average molecular weight is 262 g/mol. The van der Waals surface area contributed by atoms with Crippen LogP contribution in [0.25, 0.3) is 5.69 Å². The number of aromatic nitrogens is 2. The third-order valence-electron chi connectivity index (χ3n) is 2.08. The number of imidazole rings is 1. The lowest BCUT2D eigenvalue weighted by molar-refractivity contribution is 1.04. The van der Waals surface area contributed by atoms with Crippen molar-refractivity contribution in [2.75, 3.05) is 0 Å². The highest BCUT2D eigenvalue weighted by Gasteiger charge is 2.08. The molecule has 74 valence electrons. The lowest BCUT2D eigenvalue weighted by Gasteiger charge is -2.06. The molecule has 0 bridgehead atoms. The smallest absolute Gasteiger partial charge is 0.101 e. The minimum atomic E-state index is 0.627. The van der Waals surface area contributed by atoms with Crippen molar-refractivity contribution in [3.05, 3.63) is 46.5 Å². The second-order valence-electron chi connectivity index (χ2n) is 3.17. The molecule has 1 heterocycles. The van der Waals surface area contributed by atoms with Crippen LogP contribution < -0.4 is 0 Å². The van der Waals surface area contributed by atoms with Crippen molar-refractivity contribution in [1.82, 2.24) is 9.55 Å². The quantitative estimate of drug-likeness (QED) is 0.792. The maximum Gasteiger partial charge on any atom is 0.101 e. The summed E-state index contributed by atoms with van der Waals surface area (Å²) in [7, 11) is 0. The Labute approximate surface area is 96.1 Å². The topological polar surface area (TPSA) is 41.6 Å². The first-order valence-corrected chi connectivity index (χ1v) is 5.21. The molecule has 1 aromatic heterocycles. The Bertz CT molecular complexity index is 537. The molecule has 0 aliphatic rings. The summed E-state index contributed by atoms with van der Waals surface area (Å²) in [5.74, 6) is 0. The lowest BCUT2D eigenvalue weighted by Crippen LogP contribution is -1.95. The molecule has 0 amide bonds. The zero-order valence-corrected chi connectivity index (χ0v) is 9.69. The van der Waals surface area contributed by atoms with Crippen LogP contribution in [0.15, 0.2) is 35.2 Å². The molecule has 2 rings (SSSR count). The van der Waals surface area contributed by atoms with Gasteiger partial charge in [-0.05, 0) is 35.0 Å². The fourth-order valence-corrected chi connectivity index (χ4v) is 1.98. The highest BCUT2D eigenvalue weighted by Crippen LogP contribution is 2.24. The molecule has 0 radical (unpaired) electrons. The summed E-state index contributed by atoms with van der Waals surface area (Å²) in [5.41, 5.74) is 2.39. The first kappa shape index (κ1) is 9.94. The van der Waals surface area contributed by atoms with Crippen LogP contribution in [0.5, 0.6) is 0 Å². The largest absolute Gasteiger partial charge is 0.304 e. The minimum Gasteiger partial charge on any atom is -0.304 e. The Hall–Kier alpha value is -1.60. The van der Waals surface area contributed by atoms with E-state index in [4.69, 9.17) is 5.26 Å². The van der Waals surface area contributed by atoms with E-state index in [2.05, 4.69) is 27.0 Å². The minimum absolute atomic E-state index is 0.627. The summed E-state index contributed by atoms with van der Waals surface area (Å²) in [6.45, 7) is 1.92. The molecule has 1 aromatic carbocycles. The highest BCUT2D eigenvalue weighted by atomic mass is 79.9. The number of halogens is 1. The Kier molecular flexibility index (Phi) is 2.57. The molecule has 2 aromatic rings. The maximum atomic E-state index is 9.01. The van der Waals surface area contributed by atoms with Gasteiger partial charge in [-0.25, -0.2) is 4.98 Å². The molecule has 0 aliphatic carbocycles. The SMILES string of the molecule is Cc1cn(-c2c(Br)cccc2C#N)cn1. The molecule has 0 spiro atoms. The summed E-state index contributed by atoms with van der Waals surface area (Å²) >= 11 is 3.43. The van der Waals surface area contributed by atoms with Gasteiger partial charge in [0.2, 0.25) is 0 Å². The van der Waals surface area contributed by atoms with Crippen molar-refractivity contribution in [1.29, 1.82) is 5.26 Å². The first-order chi connectivity index (χ1) is 7.22. The van der Waals surface area contributed by atoms with Gasteiger partial charge in [0.15, 0.2) is 0 Å². The normalized spacial score (nSPS) is 9.93. The first-order valence-electron chi connectivity index (χ1n) is 4.42. The standard InChI is InChI=1S/C11H8BrN3/c1-8-6-15(7-14-8)11-9(5-13)3-2-4-10(11)12/h2-4,6-7H,1H3. The molecule has 3 nitrogen and oxygen atoms in total. The summed E-state index contributed by atoms with van der Waals surface area (Å²) < 4.78 is 2.73. The van der Waals surface area contributed by atoms with E-state index < -0.39 is 0 Å². The van der Waals surface area contributed by atoms with E-state index in [-0.39, 0.29) is 0 Å². The number of para-hydroxylation sites is 1. The maximum absolute atomic E-state index is 9.01. The molecule has 0 atom stereocenters. The van der Waals surface area contributed by atoms with Crippen molar-refractivity contribution in [2.45, 2.75) is 6.92 Å². The number of benzene rings is 1. The van der Waals surface area contributed by atoms with Gasteiger partial charge in [0, 0.05) is 10.7 Å². The van der Waals surface area contributed by atoms with Crippen LogP contribution in [0.1, 0.15) is 11.3 Å². The van der Waals surface area contributed by atoms with E-state index in [0.29, 0.717) is 5.56 Å². The predicted molar refractivity (Wildman–Crippen MR) is 60.7 cm³/mol. The number of nitrogens with zero attached hydrogens (tertiary/aromatic N) is 3. The second-order valence-corrected chi connectivity index (χ2v) is 4.02. The van der Waals surface area contributed by atoms with Gasteiger partial charge in [-0.3, -0.25) is 0 Å². The summed E-state index contributed by atoms with van der Waals surface area (Å²) in [5, 5.41) is 9.01. The lowest BCUT2D eigenvalue weighted by atomic mass is 10.2. The second kappa shape index (κ2) is 3.87. The van der Waals surface area contributed by atoms with Gasteiger partial charge in [-0.15, -0.1) is 0 Å². The summed E-state index contributed by atoms with van der Waals surface area (Å²) in [4.78, 5) is 4.14. The van der Waals surface area contributed by atoms with Gasteiger partial charge < -0.3 is 4.57 Å². The molecule has 15 heavy (non-hydrogen) atoms. The van der Waals surface area contributed by atoms with Gasteiger partial charge in [-0.1, -0.05) is 6.07 Å². The van der Waals surface area contributed by atoms with Crippen molar-refractivity contribution in [3.63, 3.8) is 0 Å². The van der Waals surface area contributed by atoms with Crippen LogP contribution in [-0.2, 0) is 0 Å². The fraction of sp³-hybridized carbons (Fsp3) is 0.0909. The van der Waals surface area contributed by atoms with Crippen LogP contribution in [-0.4, -0.2) is 9.55 Å². The molecule has 4 heteroatoms. The molecule has 0 aliphatic heterocycles. The zero-order valence-electron chi connectivity index (χ0n) is 8.11. The molecule has 0 saturated heterocycles. The van der Waals surface area contributed by atoms with Crippen molar-refractivity contribution >= 4 is 15.9 Å². The number of aryl methyl sites for hydroxylation is 1. The van der Waals surface area contributed by atoms with Gasteiger partial charge in [0.1, 0.15) is 6.07 Å². The number of rotatable bonds is 1. The Morgan fingerprint density at radius 1 is 1.47 bits per heavy atom. The number of hydrogen-bond acceptors (Lipinski definition) is 2. The van der Waals surface area contributed by atoms with Crippen molar-refractivity contribution in [2.24, 2.45) is 0 Å². The van der Waals surface area contributed by atoms with E-state index in [1.54, 1.807) is 12.4 Å². The Morgan fingerprint density at radius 3 is 2.87 bits per heavy atom. The van der Waals surface area contributed by atoms with E-state index in [1.165, 1.54) is 0 Å². The van der Waals surface area contributed by atoms with Gasteiger partial charge in [-0.2, -0.15) is 5.26 Å². The van der Waals surface area contributed by atoms with Gasteiger partial charge in [0.05, 0.1) is 23.3 Å². The molecular weight excluding hydrogens is 254 g/mol. The number of nitriles is 1. The third-order valence-corrected chi connectivity index (χ3v) is 2.72. The van der Waals surface area contributed by atoms with Gasteiger partial charge in [0.25, 0.3) is 0 Å². The summed E-state index contributed by atoms with van der Waals surface area (Å²) in [6.07, 6.45) is 3.59. The fourth-order valence-electron chi connectivity index (χ4n) is 1.41. The molecule has 0 unspecified atom stereocenters. The van der Waals surface area contributed by atoms with Crippen LogP contribution in [0.3, 0.4) is 0 Å². The van der Waals surface area contributed by atoms with Crippen LogP contribution in [0, 0.1) is 18.3 Å². The molecule has 0 saturated carbocycles. The van der Waals surface area contributed by atoms with E-state index in [9.17, 15) is 0 Å². The highest BCUT2D eigenvalue weighted by molar-refractivity contribution is 9.10. The molecular formula is C11H8BrN3. The van der Waals surface area contributed by atoms with E-state index >= 15 is 0 Å². The Morgan fingerprint density at radius 2 is 2.27 bits per heavy atom. The van der Waals surface area contributed by atoms with Crippen LogP contribution in [0.4, 0.5) is 0 Å². The molecule has 0 fully saturated rings. The van der Waals surface area contributed by atoms with Crippen molar-refractivity contribution < 1.29 is 0 Å². The van der Waals surface area contributed by atoms with Crippen LogP contribution >= 0.6 is 15.9 Å². The number of hydrogen-bond donors (Lipinski definition) is 0. The average Bonchev–Trinajstić information content (AvgIpc) is 2.64. The van der Waals surface area contributed by atoms with E-state index in [0.717, 1.165) is 15.9 Å². The Balaban J connectivity index is 2.67. The summed E-state index contributed by atoms with van der Waals surface area (Å²) in [6, 6.07) is 7.70. The monoisotopic (exact) mass is 261 g/mol. The predicted octanol–water partition coefficient (Wildman–Crippen LogP) is 2.81. The third kappa shape index (κ3) is 1.79. The zero-order chi connectivity index (χ0) is 10.8. The van der Waals surface area contributed by atoms with Crippen molar-refractivity contribution in [3.8, 4) is 11.8 Å². The van der Waals surface area contributed by atoms with E-state index in [1.807, 2.05) is 29.8 Å². The van der Waals surface area contributed by atoms with Gasteiger partial charge >= 0.3 is 0 Å². The molecule has 0 N–H and O–H groups in total.